The summed E-state index contributed by atoms with van der Waals surface area (Å²) in [5.74, 6) is -3.39. The zero-order valence-electron chi connectivity index (χ0n) is 8.19. The zero-order chi connectivity index (χ0) is 11.2. The van der Waals surface area contributed by atoms with Crippen LogP contribution in [0.3, 0.4) is 0 Å². The highest BCUT2D eigenvalue weighted by atomic mass is 16.4. The first-order chi connectivity index (χ1) is 6.45. The lowest BCUT2D eigenvalue weighted by molar-refractivity contribution is -0.176. The molecule has 0 fully saturated rings. The van der Waals surface area contributed by atoms with Gasteiger partial charge in [0.15, 0.2) is 0 Å². The molecule has 82 valence electrons. The fraction of sp³-hybridized carbons (Fsp3) is 0.778. The number of hydrogen-bond donors (Lipinski definition) is 3. The van der Waals surface area contributed by atoms with Crippen molar-refractivity contribution < 1.29 is 24.9 Å². The Morgan fingerprint density at radius 2 is 1.57 bits per heavy atom. The van der Waals surface area contributed by atoms with E-state index in [1.807, 2.05) is 6.92 Å². The van der Waals surface area contributed by atoms with Gasteiger partial charge in [-0.05, 0) is 12.8 Å². The molecule has 0 aliphatic rings. The Hall–Kier alpha value is -1.10. The van der Waals surface area contributed by atoms with Crippen molar-refractivity contribution >= 4 is 11.9 Å². The lowest BCUT2D eigenvalue weighted by Gasteiger charge is -2.17. The monoisotopic (exact) mass is 204 g/mol. The van der Waals surface area contributed by atoms with E-state index in [2.05, 4.69) is 0 Å². The van der Waals surface area contributed by atoms with E-state index in [-0.39, 0.29) is 6.42 Å². The predicted octanol–water partition coefficient (Wildman–Crippen LogP) is 0.857. The molecule has 14 heavy (non-hydrogen) atoms. The maximum absolute atomic E-state index is 10.5. The summed E-state index contributed by atoms with van der Waals surface area (Å²) < 4.78 is 0. The number of rotatable bonds is 7. The number of aliphatic carboxylic acids is 2. The van der Waals surface area contributed by atoms with E-state index in [4.69, 9.17) is 10.2 Å². The first kappa shape index (κ1) is 12.9. The van der Waals surface area contributed by atoms with Crippen molar-refractivity contribution in [3.8, 4) is 0 Å². The summed E-state index contributed by atoms with van der Waals surface area (Å²) in [4.78, 5) is 21.0. The van der Waals surface area contributed by atoms with Gasteiger partial charge in [0.2, 0.25) is 0 Å². The Labute approximate surface area is 82.4 Å². The molecule has 3 N–H and O–H groups in total. The second-order valence-corrected chi connectivity index (χ2v) is 3.28. The van der Waals surface area contributed by atoms with E-state index in [1.54, 1.807) is 0 Å². The molecule has 0 spiro atoms. The summed E-state index contributed by atoms with van der Waals surface area (Å²) in [6.07, 6.45) is 2.79. The van der Waals surface area contributed by atoms with Crippen LogP contribution in [0.15, 0.2) is 0 Å². The van der Waals surface area contributed by atoms with Gasteiger partial charge in [0, 0.05) is 0 Å². The van der Waals surface area contributed by atoms with Crippen molar-refractivity contribution in [1.82, 2.24) is 0 Å². The summed E-state index contributed by atoms with van der Waals surface area (Å²) in [7, 11) is 0. The third-order valence-corrected chi connectivity index (χ3v) is 2.10. The summed E-state index contributed by atoms with van der Waals surface area (Å²) in [5, 5.41) is 26.3. The van der Waals surface area contributed by atoms with Crippen molar-refractivity contribution in [1.29, 1.82) is 0 Å². The van der Waals surface area contributed by atoms with Gasteiger partial charge in [0.05, 0.1) is 0 Å². The van der Waals surface area contributed by atoms with Crippen LogP contribution in [0.4, 0.5) is 0 Å². The molecule has 0 saturated carbocycles. The normalized spacial score (nSPS) is 11.3. The number of unbranched alkanes of at least 4 members (excludes halogenated alkanes) is 3. The SMILES string of the molecule is CCCCCCC(O)(C(=O)O)C(=O)O. The zero-order valence-corrected chi connectivity index (χ0v) is 8.19. The number of hydrogen-bond acceptors (Lipinski definition) is 3. The molecule has 0 aromatic rings. The average Bonchev–Trinajstić information content (AvgIpc) is 2.11. The first-order valence-electron chi connectivity index (χ1n) is 4.64. The van der Waals surface area contributed by atoms with E-state index in [9.17, 15) is 14.7 Å². The van der Waals surface area contributed by atoms with E-state index >= 15 is 0 Å². The number of carbonyl (C=O) groups is 2. The minimum absolute atomic E-state index is 0.238. The number of carboxylic acid groups (broad SMARTS) is 2. The van der Waals surface area contributed by atoms with Crippen molar-refractivity contribution in [3.63, 3.8) is 0 Å². The Morgan fingerprint density at radius 1 is 1.07 bits per heavy atom. The van der Waals surface area contributed by atoms with Gasteiger partial charge in [-0.25, -0.2) is 9.59 Å². The van der Waals surface area contributed by atoms with Crippen molar-refractivity contribution in [2.24, 2.45) is 0 Å². The Bertz CT molecular complexity index is 197. The largest absolute Gasteiger partial charge is 0.479 e. The molecule has 0 heterocycles. The van der Waals surface area contributed by atoms with Gasteiger partial charge in [-0.2, -0.15) is 0 Å². The summed E-state index contributed by atoms with van der Waals surface area (Å²) in [6, 6.07) is 0. The molecule has 5 nitrogen and oxygen atoms in total. The highest BCUT2D eigenvalue weighted by molar-refractivity contribution is 6.01. The van der Waals surface area contributed by atoms with Gasteiger partial charge in [-0.1, -0.05) is 26.2 Å². The van der Waals surface area contributed by atoms with Crippen molar-refractivity contribution in [2.75, 3.05) is 0 Å². The molecule has 0 radical (unpaired) electrons. The minimum atomic E-state index is -2.62. The minimum Gasteiger partial charge on any atom is -0.479 e. The van der Waals surface area contributed by atoms with Crippen LogP contribution >= 0.6 is 0 Å². The van der Waals surface area contributed by atoms with Crippen LogP contribution < -0.4 is 0 Å². The van der Waals surface area contributed by atoms with Crippen LogP contribution in [0.2, 0.25) is 0 Å². The molecule has 0 bridgehead atoms. The van der Waals surface area contributed by atoms with Crippen LogP contribution in [0.25, 0.3) is 0 Å². The van der Waals surface area contributed by atoms with Crippen LogP contribution in [-0.2, 0) is 9.59 Å². The quantitative estimate of drug-likeness (QED) is 0.422. The van der Waals surface area contributed by atoms with Gasteiger partial charge in [0.25, 0.3) is 5.60 Å². The number of carboxylic acids is 2. The molecule has 5 heteroatoms. The average molecular weight is 204 g/mol. The van der Waals surface area contributed by atoms with Gasteiger partial charge in [-0.3, -0.25) is 0 Å². The van der Waals surface area contributed by atoms with Gasteiger partial charge in [0.1, 0.15) is 0 Å². The van der Waals surface area contributed by atoms with Gasteiger partial charge in [-0.15, -0.1) is 0 Å². The Balaban J connectivity index is 4.12. The molecule has 0 atom stereocenters. The second kappa shape index (κ2) is 5.59. The molecule has 0 aliphatic heterocycles. The maximum atomic E-state index is 10.5. The fourth-order valence-corrected chi connectivity index (χ4v) is 1.11. The highest BCUT2D eigenvalue weighted by Crippen LogP contribution is 2.16. The van der Waals surface area contributed by atoms with Crippen molar-refractivity contribution in [2.45, 2.75) is 44.6 Å². The molecule has 0 aromatic carbocycles. The molecule has 0 amide bonds. The van der Waals surface area contributed by atoms with E-state index in [0.29, 0.717) is 6.42 Å². The van der Waals surface area contributed by atoms with Crippen LogP contribution in [-0.4, -0.2) is 32.9 Å². The van der Waals surface area contributed by atoms with Crippen molar-refractivity contribution in [3.05, 3.63) is 0 Å². The molecule has 0 aromatic heterocycles. The standard InChI is InChI=1S/C9H16O5/c1-2-3-4-5-6-9(14,7(10)11)8(12)13/h14H,2-6H2,1H3,(H,10,11)(H,12,13). The fourth-order valence-electron chi connectivity index (χ4n) is 1.11. The lowest BCUT2D eigenvalue weighted by atomic mass is 9.96. The van der Waals surface area contributed by atoms with E-state index in [1.165, 1.54) is 0 Å². The van der Waals surface area contributed by atoms with Crippen LogP contribution in [0.1, 0.15) is 39.0 Å². The second-order valence-electron chi connectivity index (χ2n) is 3.28. The summed E-state index contributed by atoms with van der Waals surface area (Å²) >= 11 is 0. The molecular weight excluding hydrogens is 188 g/mol. The third-order valence-electron chi connectivity index (χ3n) is 2.10. The summed E-state index contributed by atoms with van der Waals surface area (Å²) in [5.41, 5.74) is -2.62. The maximum Gasteiger partial charge on any atom is 0.347 e. The predicted molar refractivity (Wildman–Crippen MR) is 49.0 cm³/mol. The highest BCUT2D eigenvalue weighted by Gasteiger charge is 2.43. The van der Waals surface area contributed by atoms with Gasteiger partial charge < -0.3 is 15.3 Å². The third kappa shape index (κ3) is 3.33. The van der Waals surface area contributed by atoms with E-state index < -0.39 is 17.5 Å². The Kier molecular flexibility index (Phi) is 5.15. The molecule has 0 unspecified atom stereocenters. The Morgan fingerprint density at radius 3 is 1.93 bits per heavy atom. The smallest absolute Gasteiger partial charge is 0.347 e. The molecular formula is C9H16O5. The lowest BCUT2D eigenvalue weighted by Crippen LogP contribution is -2.46. The van der Waals surface area contributed by atoms with Crippen LogP contribution in [0, 0.1) is 0 Å². The molecule has 0 saturated heterocycles. The van der Waals surface area contributed by atoms with Crippen LogP contribution in [0.5, 0.6) is 0 Å². The van der Waals surface area contributed by atoms with Gasteiger partial charge >= 0.3 is 11.9 Å². The van der Waals surface area contributed by atoms with E-state index in [0.717, 1.165) is 19.3 Å². The molecule has 0 rings (SSSR count). The summed E-state index contributed by atoms with van der Waals surface area (Å²) in [6.45, 7) is 1.99. The number of aliphatic hydroxyl groups is 1. The first-order valence-corrected chi connectivity index (χ1v) is 4.64. The molecule has 0 aliphatic carbocycles. The topological polar surface area (TPSA) is 94.8 Å².